The number of rotatable bonds is 5. The normalized spacial score (nSPS) is 12.6. The molecule has 25 heavy (non-hydrogen) atoms. The Bertz CT molecular complexity index is 736. The molecule has 1 N–H and O–H groups in total. The predicted octanol–water partition coefficient (Wildman–Crippen LogP) is 5.06. The third-order valence-electron chi connectivity index (χ3n) is 3.85. The standard InChI is InChI=1S/C20H23F2NO2/c1-5-18(19(24)23-14-8-11-16(21)17(22)12-14)25-15-9-6-13(7-10-15)20(2,3)4/h6-12,18H,5H2,1-4H3,(H,23,24)/t18-/m0/s1. The first-order valence-corrected chi connectivity index (χ1v) is 8.24. The van der Waals surface area contributed by atoms with Crippen molar-refractivity contribution in [2.75, 3.05) is 5.32 Å². The molecule has 1 amide bonds. The van der Waals surface area contributed by atoms with Crippen LogP contribution in [-0.4, -0.2) is 12.0 Å². The van der Waals surface area contributed by atoms with E-state index < -0.39 is 23.6 Å². The third-order valence-corrected chi connectivity index (χ3v) is 3.85. The molecule has 134 valence electrons. The number of carbonyl (C=O) groups excluding carboxylic acids is 1. The average molecular weight is 347 g/mol. The van der Waals surface area contributed by atoms with Crippen LogP contribution in [0.4, 0.5) is 14.5 Å². The van der Waals surface area contributed by atoms with Gasteiger partial charge in [-0.15, -0.1) is 0 Å². The monoisotopic (exact) mass is 347 g/mol. The topological polar surface area (TPSA) is 38.3 Å². The summed E-state index contributed by atoms with van der Waals surface area (Å²) in [6.07, 6.45) is -0.287. The van der Waals surface area contributed by atoms with Crippen LogP contribution in [0, 0.1) is 11.6 Å². The van der Waals surface area contributed by atoms with Gasteiger partial charge in [-0.25, -0.2) is 8.78 Å². The number of hydrogen-bond donors (Lipinski definition) is 1. The van der Waals surface area contributed by atoms with Crippen LogP contribution in [0.2, 0.25) is 0 Å². The SMILES string of the molecule is CC[C@H](Oc1ccc(C(C)(C)C)cc1)C(=O)Nc1ccc(F)c(F)c1. The van der Waals surface area contributed by atoms with E-state index in [0.29, 0.717) is 12.2 Å². The molecule has 0 aliphatic carbocycles. The molecular formula is C20H23F2NO2. The van der Waals surface area contributed by atoms with E-state index in [0.717, 1.165) is 12.1 Å². The summed E-state index contributed by atoms with van der Waals surface area (Å²) >= 11 is 0. The van der Waals surface area contributed by atoms with Gasteiger partial charge in [-0.2, -0.15) is 0 Å². The number of halogens is 2. The molecular weight excluding hydrogens is 324 g/mol. The highest BCUT2D eigenvalue weighted by Gasteiger charge is 2.20. The lowest BCUT2D eigenvalue weighted by Crippen LogP contribution is -2.32. The molecule has 5 heteroatoms. The maximum Gasteiger partial charge on any atom is 0.265 e. The lowest BCUT2D eigenvalue weighted by molar-refractivity contribution is -0.122. The molecule has 0 heterocycles. The smallest absolute Gasteiger partial charge is 0.265 e. The summed E-state index contributed by atoms with van der Waals surface area (Å²) in [4.78, 5) is 12.3. The highest BCUT2D eigenvalue weighted by molar-refractivity contribution is 5.94. The van der Waals surface area contributed by atoms with Crippen LogP contribution < -0.4 is 10.1 Å². The quantitative estimate of drug-likeness (QED) is 0.821. The van der Waals surface area contributed by atoms with Gasteiger partial charge in [0.2, 0.25) is 0 Å². The van der Waals surface area contributed by atoms with Crippen molar-refractivity contribution in [1.29, 1.82) is 0 Å². The summed E-state index contributed by atoms with van der Waals surface area (Å²) in [6.45, 7) is 8.17. The van der Waals surface area contributed by atoms with Crippen LogP contribution in [0.1, 0.15) is 39.7 Å². The number of anilines is 1. The van der Waals surface area contributed by atoms with Crippen molar-refractivity contribution in [3.8, 4) is 5.75 Å². The number of ether oxygens (including phenoxy) is 1. The molecule has 0 aliphatic rings. The van der Waals surface area contributed by atoms with E-state index in [9.17, 15) is 13.6 Å². The fraction of sp³-hybridized carbons (Fsp3) is 0.350. The van der Waals surface area contributed by atoms with Gasteiger partial charge < -0.3 is 10.1 Å². The highest BCUT2D eigenvalue weighted by atomic mass is 19.2. The van der Waals surface area contributed by atoms with E-state index in [1.54, 1.807) is 0 Å². The molecule has 0 bridgehead atoms. The minimum absolute atomic E-state index is 0.0344. The fourth-order valence-electron chi connectivity index (χ4n) is 2.32. The van der Waals surface area contributed by atoms with Gasteiger partial charge in [-0.1, -0.05) is 39.8 Å². The van der Waals surface area contributed by atoms with Crippen molar-refractivity contribution < 1.29 is 18.3 Å². The van der Waals surface area contributed by atoms with Gasteiger partial charge in [-0.05, 0) is 41.7 Å². The Morgan fingerprint density at radius 1 is 1.08 bits per heavy atom. The number of amides is 1. The van der Waals surface area contributed by atoms with Crippen LogP contribution in [0.15, 0.2) is 42.5 Å². The van der Waals surface area contributed by atoms with E-state index in [4.69, 9.17) is 4.74 Å². The van der Waals surface area contributed by atoms with Crippen molar-refractivity contribution in [2.24, 2.45) is 0 Å². The second-order valence-electron chi connectivity index (χ2n) is 6.91. The van der Waals surface area contributed by atoms with E-state index >= 15 is 0 Å². The maximum atomic E-state index is 13.2. The molecule has 2 aromatic carbocycles. The molecule has 2 aromatic rings. The highest BCUT2D eigenvalue weighted by Crippen LogP contribution is 2.25. The lowest BCUT2D eigenvalue weighted by Gasteiger charge is -2.21. The van der Waals surface area contributed by atoms with Gasteiger partial charge in [0.15, 0.2) is 17.7 Å². The van der Waals surface area contributed by atoms with Crippen molar-refractivity contribution in [3.05, 3.63) is 59.7 Å². The van der Waals surface area contributed by atoms with Crippen LogP contribution in [-0.2, 0) is 10.2 Å². The average Bonchev–Trinajstić information content (AvgIpc) is 2.55. The zero-order valence-electron chi connectivity index (χ0n) is 14.9. The number of carbonyl (C=O) groups is 1. The summed E-state index contributed by atoms with van der Waals surface area (Å²) in [5.41, 5.74) is 1.39. The van der Waals surface area contributed by atoms with Crippen molar-refractivity contribution in [2.45, 2.75) is 45.6 Å². The van der Waals surface area contributed by atoms with Gasteiger partial charge in [0.25, 0.3) is 5.91 Å². The van der Waals surface area contributed by atoms with Crippen LogP contribution in [0.5, 0.6) is 5.75 Å². The number of hydrogen-bond acceptors (Lipinski definition) is 2. The largest absolute Gasteiger partial charge is 0.481 e. The zero-order valence-corrected chi connectivity index (χ0v) is 14.9. The third kappa shape index (κ3) is 5.02. The Hall–Kier alpha value is -2.43. The van der Waals surface area contributed by atoms with Gasteiger partial charge in [0.05, 0.1) is 0 Å². The van der Waals surface area contributed by atoms with Gasteiger partial charge >= 0.3 is 0 Å². The first-order valence-electron chi connectivity index (χ1n) is 8.24. The summed E-state index contributed by atoms with van der Waals surface area (Å²) in [5, 5.41) is 2.55. The number of nitrogens with one attached hydrogen (secondary N) is 1. The molecule has 0 radical (unpaired) electrons. The van der Waals surface area contributed by atoms with E-state index in [-0.39, 0.29) is 11.1 Å². The second-order valence-corrected chi connectivity index (χ2v) is 6.91. The van der Waals surface area contributed by atoms with E-state index in [1.165, 1.54) is 11.6 Å². The van der Waals surface area contributed by atoms with Crippen LogP contribution in [0.3, 0.4) is 0 Å². The summed E-state index contributed by atoms with van der Waals surface area (Å²) in [5.74, 6) is -1.79. The minimum atomic E-state index is -1.01. The zero-order chi connectivity index (χ0) is 18.6. The first kappa shape index (κ1) is 18.9. The molecule has 0 saturated carbocycles. The Kier molecular flexibility index (Phi) is 5.77. The summed E-state index contributed by atoms with van der Waals surface area (Å²) < 4.78 is 31.9. The van der Waals surface area contributed by atoms with Crippen molar-refractivity contribution >= 4 is 11.6 Å². The molecule has 0 aliphatic heterocycles. The fourth-order valence-corrected chi connectivity index (χ4v) is 2.32. The van der Waals surface area contributed by atoms with Gasteiger partial charge in [0.1, 0.15) is 5.75 Å². The molecule has 0 unspecified atom stereocenters. The Morgan fingerprint density at radius 3 is 2.24 bits per heavy atom. The molecule has 0 saturated heterocycles. The molecule has 1 atom stereocenters. The van der Waals surface area contributed by atoms with Gasteiger partial charge in [0, 0.05) is 11.8 Å². The van der Waals surface area contributed by atoms with E-state index in [1.807, 2.05) is 31.2 Å². The molecule has 0 spiro atoms. The first-order chi connectivity index (χ1) is 11.7. The van der Waals surface area contributed by atoms with Crippen LogP contribution >= 0.6 is 0 Å². The van der Waals surface area contributed by atoms with Crippen molar-refractivity contribution in [1.82, 2.24) is 0 Å². The Labute approximate surface area is 147 Å². The van der Waals surface area contributed by atoms with Gasteiger partial charge in [-0.3, -0.25) is 4.79 Å². The number of benzene rings is 2. The second kappa shape index (κ2) is 7.64. The predicted molar refractivity (Wildman–Crippen MR) is 94.8 cm³/mol. The van der Waals surface area contributed by atoms with Crippen LogP contribution in [0.25, 0.3) is 0 Å². The summed E-state index contributed by atoms with van der Waals surface area (Å²) in [7, 11) is 0. The van der Waals surface area contributed by atoms with E-state index in [2.05, 4.69) is 26.1 Å². The summed E-state index contributed by atoms with van der Waals surface area (Å²) in [6, 6.07) is 10.8. The minimum Gasteiger partial charge on any atom is -0.481 e. The Morgan fingerprint density at radius 2 is 1.72 bits per heavy atom. The molecule has 3 nitrogen and oxygen atoms in total. The maximum absolute atomic E-state index is 13.2. The molecule has 2 rings (SSSR count). The molecule has 0 fully saturated rings. The Balaban J connectivity index is 2.05. The lowest BCUT2D eigenvalue weighted by atomic mass is 9.87. The van der Waals surface area contributed by atoms with Crippen molar-refractivity contribution in [3.63, 3.8) is 0 Å². The molecule has 0 aromatic heterocycles.